The Morgan fingerprint density at radius 1 is 1.15 bits per heavy atom. The molecule has 0 amide bonds. The number of hydrogen-bond donors (Lipinski definition) is 1. The van der Waals surface area contributed by atoms with E-state index in [2.05, 4.69) is 20.4 Å². The van der Waals surface area contributed by atoms with Crippen molar-refractivity contribution in [3.05, 3.63) is 54.6 Å². The summed E-state index contributed by atoms with van der Waals surface area (Å²) in [6.45, 7) is 2.19. The summed E-state index contributed by atoms with van der Waals surface area (Å²) in [6.07, 6.45) is 4.78. The van der Waals surface area contributed by atoms with Gasteiger partial charge in [-0.25, -0.2) is 4.98 Å². The number of rotatable bonds is 6. The maximum absolute atomic E-state index is 5.87. The standard InChI is InChI=1S/C19H20N4O2.ClH/c1-2-5-15(6-3-1)24-19-16(7-4-11-21-19)18-22-17(25-23-18)9-8-14-10-12-20-13-14;/h1-7,11,14,20H,8-10,12-13H2;1H. The summed E-state index contributed by atoms with van der Waals surface area (Å²) in [6, 6.07) is 13.3. The molecular weight excluding hydrogens is 352 g/mol. The molecular formula is C19H21ClN4O2. The zero-order valence-corrected chi connectivity index (χ0v) is 15.1. The molecule has 1 fully saturated rings. The van der Waals surface area contributed by atoms with Crippen LogP contribution in [0, 0.1) is 5.92 Å². The predicted octanol–water partition coefficient (Wildman–Crippen LogP) is 3.89. The molecule has 0 radical (unpaired) electrons. The Kier molecular flexibility index (Phi) is 6.20. The molecule has 3 heterocycles. The molecule has 3 aromatic rings. The van der Waals surface area contributed by atoms with Crippen molar-refractivity contribution in [1.82, 2.24) is 20.4 Å². The van der Waals surface area contributed by atoms with Gasteiger partial charge in [0.1, 0.15) is 5.75 Å². The van der Waals surface area contributed by atoms with E-state index in [0.29, 0.717) is 23.5 Å². The molecule has 1 aliphatic rings. The zero-order chi connectivity index (χ0) is 16.9. The second-order valence-electron chi connectivity index (χ2n) is 6.18. The van der Waals surface area contributed by atoms with E-state index in [9.17, 15) is 0 Å². The number of nitrogens with one attached hydrogen (secondary N) is 1. The van der Waals surface area contributed by atoms with E-state index in [4.69, 9.17) is 9.26 Å². The Bertz CT molecular complexity index is 819. The first-order chi connectivity index (χ1) is 12.4. The minimum Gasteiger partial charge on any atom is -0.438 e. The van der Waals surface area contributed by atoms with Crippen molar-refractivity contribution in [1.29, 1.82) is 0 Å². The summed E-state index contributed by atoms with van der Waals surface area (Å²) in [5.74, 6) is 3.07. The van der Waals surface area contributed by atoms with Crippen molar-refractivity contribution in [3.8, 4) is 23.0 Å². The molecule has 0 bridgehead atoms. The van der Waals surface area contributed by atoms with Gasteiger partial charge in [0, 0.05) is 12.6 Å². The third kappa shape index (κ3) is 4.39. The van der Waals surface area contributed by atoms with Crippen LogP contribution >= 0.6 is 12.4 Å². The third-order valence-electron chi connectivity index (χ3n) is 4.37. The van der Waals surface area contributed by atoms with Crippen molar-refractivity contribution in [2.75, 3.05) is 13.1 Å². The van der Waals surface area contributed by atoms with Gasteiger partial charge >= 0.3 is 0 Å². The molecule has 1 atom stereocenters. The maximum atomic E-state index is 5.87. The lowest BCUT2D eigenvalue weighted by Gasteiger charge is -2.07. The average molecular weight is 373 g/mol. The molecule has 4 rings (SSSR count). The van der Waals surface area contributed by atoms with Crippen LogP contribution in [0.1, 0.15) is 18.7 Å². The predicted molar refractivity (Wildman–Crippen MR) is 101 cm³/mol. The lowest BCUT2D eigenvalue weighted by molar-refractivity contribution is 0.365. The van der Waals surface area contributed by atoms with Crippen LogP contribution in [0.25, 0.3) is 11.4 Å². The minimum absolute atomic E-state index is 0. The smallest absolute Gasteiger partial charge is 0.230 e. The first-order valence-electron chi connectivity index (χ1n) is 8.60. The van der Waals surface area contributed by atoms with Crippen LogP contribution in [-0.4, -0.2) is 28.2 Å². The van der Waals surface area contributed by atoms with Crippen LogP contribution < -0.4 is 10.1 Å². The fourth-order valence-corrected chi connectivity index (χ4v) is 3.00. The molecule has 26 heavy (non-hydrogen) atoms. The van der Waals surface area contributed by atoms with Gasteiger partial charge in [0.25, 0.3) is 0 Å². The van der Waals surface area contributed by atoms with Crippen LogP contribution in [0.3, 0.4) is 0 Å². The summed E-state index contributed by atoms with van der Waals surface area (Å²) in [7, 11) is 0. The maximum Gasteiger partial charge on any atom is 0.230 e. The minimum atomic E-state index is 0. The van der Waals surface area contributed by atoms with Crippen LogP contribution in [0.15, 0.2) is 53.2 Å². The van der Waals surface area contributed by atoms with E-state index in [-0.39, 0.29) is 12.4 Å². The molecule has 136 valence electrons. The first-order valence-corrected chi connectivity index (χ1v) is 8.60. The summed E-state index contributed by atoms with van der Waals surface area (Å²) in [4.78, 5) is 8.84. The number of halogens is 1. The molecule has 7 heteroatoms. The number of hydrogen-bond acceptors (Lipinski definition) is 6. The van der Waals surface area contributed by atoms with E-state index in [1.54, 1.807) is 6.20 Å². The largest absolute Gasteiger partial charge is 0.438 e. The Morgan fingerprint density at radius 2 is 2.04 bits per heavy atom. The highest BCUT2D eigenvalue weighted by molar-refractivity contribution is 5.85. The quantitative estimate of drug-likeness (QED) is 0.707. The van der Waals surface area contributed by atoms with Crippen LogP contribution in [-0.2, 0) is 6.42 Å². The fraction of sp³-hybridized carbons (Fsp3) is 0.316. The molecule has 0 spiro atoms. The van der Waals surface area contributed by atoms with Gasteiger partial charge in [-0.2, -0.15) is 4.98 Å². The highest BCUT2D eigenvalue weighted by Gasteiger charge is 2.18. The second kappa shape index (κ2) is 8.78. The lowest BCUT2D eigenvalue weighted by atomic mass is 10.0. The number of ether oxygens (including phenoxy) is 1. The summed E-state index contributed by atoms with van der Waals surface area (Å²) >= 11 is 0. The Balaban J connectivity index is 0.00000196. The molecule has 0 saturated carbocycles. The van der Waals surface area contributed by atoms with Crippen molar-refractivity contribution in [2.24, 2.45) is 5.92 Å². The molecule has 1 saturated heterocycles. The van der Waals surface area contributed by atoms with Gasteiger partial charge in [0.05, 0.1) is 5.56 Å². The van der Waals surface area contributed by atoms with Crippen molar-refractivity contribution in [3.63, 3.8) is 0 Å². The molecule has 0 aliphatic carbocycles. The number of pyridine rings is 1. The number of aromatic nitrogens is 3. The normalized spacial score (nSPS) is 16.2. The highest BCUT2D eigenvalue weighted by Crippen LogP contribution is 2.29. The fourth-order valence-electron chi connectivity index (χ4n) is 3.00. The van der Waals surface area contributed by atoms with E-state index >= 15 is 0 Å². The summed E-state index contributed by atoms with van der Waals surface area (Å²) < 4.78 is 11.3. The summed E-state index contributed by atoms with van der Waals surface area (Å²) in [5, 5.41) is 7.49. The van der Waals surface area contributed by atoms with Crippen molar-refractivity contribution < 1.29 is 9.26 Å². The molecule has 1 aromatic carbocycles. The Morgan fingerprint density at radius 3 is 2.85 bits per heavy atom. The molecule has 6 nitrogen and oxygen atoms in total. The Labute approximate surface area is 158 Å². The van der Waals surface area contributed by atoms with Crippen molar-refractivity contribution in [2.45, 2.75) is 19.3 Å². The number of aryl methyl sites for hydroxylation is 1. The van der Waals surface area contributed by atoms with Crippen molar-refractivity contribution >= 4 is 12.4 Å². The van der Waals surface area contributed by atoms with Gasteiger partial charge in [-0.05, 0) is 56.1 Å². The summed E-state index contributed by atoms with van der Waals surface area (Å²) in [5.41, 5.74) is 0.726. The topological polar surface area (TPSA) is 73.1 Å². The zero-order valence-electron chi connectivity index (χ0n) is 14.3. The van der Waals surface area contributed by atoms with Gasteiger partial charge in [0.2, 0.25) is 17.6 Å². The van der Waals surface area contributed by atoms with Gasteiger partial charge in [-0.3, -0.25) is 0 Å². The number of benzene rings is 1. The van der Waals surface area contributed by atoms with Crippen LogP contribution in [0.5, 0.6) is 11.6 Å². The number of para-hydroxylation sites is 1. The molecule has 1 N–H and O–H groups in total. The SMILES string of the molecule is Cl.c1ccc(Oc2ncccc2-c2noc(CCC3CCNC3)n2)cc1. The first kappa shape index (κ1) is 18.4. The van der Waals surface area contributed by atoms with E-state index in [0.717, 1.165) is 37.2 Å². The monoisotopic (exact) mass is 372 g/mol. The lowest BCUT2D eigenvalue weighted by Crippen LogP contribution is -2.09. The average Bonchev–Trinajstić information content (AvgIpc) is 3.33. The van der Waals surface area contributed by atoms with Gasteiger partial charge in [-0.15, -0.1) is 12.4 Å². The molecule has 1 unspecified atom stereocenters. The van der Waals surface area contributed by atoms with Gasteiger partial charge in [-0.1, -0.05) is 23.4 Å². The Hall–Kier alpha value is -2.44. The highest BCUT2D eigenvalue weighted by atomic mass is 35.5. The van der Waals surface area contributed by atoms with Gasteiger partial charge < -0.3 is 14.6 Å². The third-order valence-corrected chi connectivity index (χ3v) is 4.37. The van der Waals surface area contributed by atoms with Crippen LogP contribution in [0.2, 0.25) is 0 Å². The van der Waals surface area contributed by atoms with E-state index in [1.807, 2.05) is 42.5 Å². The molecule has 1 aliphatic heterocycles. The molecule has 2 aromatic heterocycles. The van der Waals surface area contributed by atoms with Gasteiger partial charge in [0.15, 0.2) is 0 Å². The van der Waals surface area contributed by atoms with E-state index in [1.165, 1.54) is 6.42 Å². The van der Waals surface area contributed by atoms with Crippen LogP contribution in [0.4, 0.5) is 0 Å². The van der Waals surface area contributed by atoms with E-state index < -0.39 is 0 Å². The second-order valence-corrected chi connectivity index (χ2v) is 6.18. The number of nitrogens with zero attached hydrogens (tertiary/aromatic N) is 3.